The van der Waals surface area contributed by atoms with Crippen LogP contribution in [0.1, 0.15) is 37.8 Å². The predicted molar refractivity (Wildman–Crippen MR) is 87.8 cm³/mol. The first-order valence-electron chi connectivity index (χ1n) is 6.73. The van der Waals surface area contributed by atoms with Crippen LogP contribution in [0, 0.1) is 6.92 Å². The van der Waals surface area contributed by atoms with Gasteiger partial charge >= 0.3 is 0 Å². The Morgan fingerprint density at radius 1 is 1.20 bits per heavy atom. The third kappa shape index (κ3) is 3.97. The van der Waals surface area contributed by atoms with Crippen LogP contribution in [0.5, 0.6) is 0 Å². The molecule has 1 aromatic carbocycles. The summed E-state index contributed by atoms with van der Waals surface area (Å²) < 4.78 is 28.0. The molecular formula is C14H21BrClNO2S. The van der Waals surface area contributed by atoms with Gasteiger partial charge in [-0.2, -0.15) is 4.31 Å². The Hall–Kier alpha value is -0.100. The Labute approximate surface area is 135 Å². The van der Waals surface area contributed by atoms with E-state index in [2.05, 4.69) is 15.9 Å². The van der Waals surface area contributed by atoms with Gasteiger partial charge in [-0.05, 0) is 43.0 Å². The molecule has 0 unspecified atom stereocenters. The highest BCUT2D eigenvalue weighted by molar-refractivity contribution is 9.10. The average Bonchev–Trinajstić information content (AvgIpc) is 2.41. The van der Waals surface area contributed by atoms with Crippen molar-refractivity contribution in [2.75, 3.05) is 13.1 Å². The third-order valence-corrected chi connectivity index (χ3v) is 6.23. The summed E-state index contributed by atoms with van der Waals surface area (Å²) in [6, 6.07) is 3.55. The fourth-order valence-corrected chi connectivity index (χ4v) is 4.76. The summed E-state index contributed by atoms with van der Waals surface area (Å²) >= 11 is 9.26. The molecule has 0 aliphatic heterocycles. The lowest BCUT2D eigenvalue weighted by Gasteiger charge is -2.22. The van der Waals surface area contributed by atoms with Gasteiger partial charge in [-0.1, -0.05) is 29.8 Å². The number of hydrogen-bond acceptors (Lipinski definition) is 2. The minimum Gasteiger partial charge on any atom is -0.207 e. The van der Waals surface area contributed by atoms with E-state index >= 15 is 0 Å². The molecule has 114 valence electrons. The quantitative estimate of drug-likeness (QED) is 0.659. The molecule has 0 aliphatic rings. The number of rotatable bonds is 7. The van der Waals surface area contributed by atoms with E-state index in [0.29, 0.717) is 23.9 Å². The van der Waals surface area contributed by atoms with Crippen LogP contribution in [0.4, 0.5) is 0 Å². The topological polar surface area (TPSA) is 37.4 Å². The first kappa shape index (κ1) is 18.0. The molecule has 0 radical (unpaired) electrons. The van der Waals surface area contributed by atoms with Crippen molar-refractivity contribution in [3.05, 3.63) is 27.7 Å². The Kier molecular flexibility index (Phi) is 6.98. The van der Waals surface area contributed by atoms with Crippen molar-refractivity contribution in [2.24, 2.45) is 0 Å². The van der Waals surface area contributed by atoms with Gasteiger partial charge in [-0.25, -0.2) is 8.42 Å². The molecule has 0 amide bonds. The second kappa shape index (κ2) is 7.78. The molecule has 1 rings (SSSR count). The van der Waals surface area contributed by atoms with Crippen molar-refractivity contribution in [3.63, 3.8) is 0 Å². The number of sulfonamides is 1. The SMILES string of the molecule is CCCN(CCC)S(=O)(=O)c1cc(CCl)cc(Br)c1C. The fourth-order valence-electron chi connectivity index (χ4n) is 2.04. The maximum absolute atomic E-state index is 12.8. The molecule has 3 nitrogen and oxygen atoms in total. The predicted octanol–water partition coefficient (Wildman–Crippen LogP) is 4.31. The first-order chi connectivity index (χ1) is 9.38. The van der Waals surface area contributed by atoms with Gasteiger partial charge in [0.25, 0.3) is 0 Å². The molecule has 0 saturated carbocycles. The van der Waals surface area contributed by atoms with Crippen LogP contribution < -0.4 is 0 Å². The van der Waals surface area contributed by atoms with E-state index in [0.717, 1.165) is 28.4 Å². The molecule has 0 saturated heterocycles. The number of benzene rings is 1. The summed E-state index contributed by atoms with van der Waals surface area (Å²) in [5, 5.41) is 0. The number of nitrogens with zero attached hydrogens (tertiary/aromatic N) is 1. The molecule has 0 spiro atoms. The lowest BCUT2D eigenvalue weighted by atomic mass is 10.2. The maximum Gasteiger partial charge on any atom is 0.243 e. The van der Waals surface area contributed by atoms with Gasteiger partial charge in [0.1, 0.15) is 0 Å². The van der Waals surface area contributed by atoms with Gasteiger partial charge in [0.15, 0.2) is 0 Å². The molecule has 0 heterocycles. The van der Waals surface area contributed by atoms with Crippen LogP contribution in [0.2, 0.25) is 0 Å². The minimum atomic E-state index is -3.47. The lowest BCUT2D eigenvalue weighted by Crippen LogP contribution is -2.33. The summed E-state index contributed by atoms with van der Waals surface area (Å²) in [4.78, 5) is 0.351. The van der Waals surface area contributed by atoms with Gasteiger partial charge in [-0.15, -0.1) is 11.6 Å². The zero-order chi connectivity index (χ0) is 15.3. The normalized spacial score (nSPS) is 12.1. The van der Waals surface area contributed by atoms with Crippen molar-refractivity contribution < 1.29 is 8.42 Å². The van der Waals surface area contributed by atoms with E-state index in [1.807, 2.05) is 26.8 Å². The Morgan fingerprint density at radius 3 is 2.20 bits per heavy atom. The van der Waals surface area contributed by atoms with Crippen molar-refractivity contribution in [2.45, 2.75) is 44.4 Å². The smallest absolute Gasteiger partial charge is 0.207 e. The van der Waals surface area contributed by atoms with E-state index < -0.39 is 10.0 Å². The third-order valence-electron chi connectivity index (χ3n) is 3.07. The van der Waals surface area contributed by atoms with E-state index in [-0.39, 0.29) is 0 Å². The van der Waals surface area contributed by atoms with E-state index in [9.17, 15) is 8.42 Å². The molecule has 0 fully saturated rings. The van der Waals surface area contributed by atoms with Gasteiger partial charge in [0, 0.05) is 23.4 Å². The van der Waals surface area contributed by atoms with Crippen LogP contribution in [-0.2, 0) is 15.9 Å². The highest BCUT2D eigenvalue weighted by Crippen LogP contribution is 2.29. The molecule has 0 aromatic heterocycles. The molecule has 0 aliphatic carbocycles. The zero-order valence-corrected chi connectivity index (χ0v) is 15.3. The maximum atomic E-state index is 12.8. The van der Waals surface area contributed by atoms with Crippen LogP contribution in [0.3, 0.4) is 0 Å². The fraction of sp³-hybridized carbons (Fsp3) is 0.571. The minimum absolute atomic E-state index is 0.295. The summed E-state index contributed by atoms with van der Waals surface area (Å²) in [6.07, 6.45) is 1.60. The Balaban J connectivity index is 3.36. The van der Waals surface area contributed by atoms with Gasteiger partial charge in [-0.3, -0.25) is 0 Å². The average molecular weight is 383 g/mol. The molecule has 1 aromatic rings. The zero-order valence-electron chi connectivity index (χ0n) is 12.1. The van der Waals surface area contributed by atoms with E-state index in [4.69, 9.17) is 11.6 Å². The van der Waals surface area contributed by atoms with E-state index in [1.54, 1.807) is 10.4 Å². The van der Waals surface area contributed by atoms with Crippen LogP contribution in [0.25, 0.3) is 0 Å². The molecule has 6 heteroatoms. The number of alkyl halides is 1. The van der Waals surface area contributed by atoms with Gasteiger partial charge in [0.2, 0.25) is 10.0 Å². The summed E-state index contributed by atoms with van der Waals surface area (Å²) in [5.74, 6) is 0.295. The number of hydrogen-bond donors (Lipinski definition) is 0. The molecular weight excluding hydrogens is 362 g/mol. The summed E-state index contributed by atoms with van der Waals surface area (Å²) in [7, 11) is -3.47. The largest absolute Gasteiger partial charge is 0.243 e. The van der Waals surface area contributed by atoms with Crippen molar-refractivity contribution >= 4 is 37.6 Å². The molecule has 0 bridgehead atoms. The lowest BCUT2D eigenvalue weighted by molar-refractivity contribution is 0.409. The highest BCUT2D eigenvalue weighted by atomic mass is 79.9. The van der Waals surface area contributed by atoms with Crippen LogP contribution in [-0.4, -0.2) is 25.8 Å². The summed E-state index contributed by atoms with van der Waals surface area (Å²) in [5.41, 5.74) is 1.53. The monoisotopic (exact) mass is 381 g/mol. The highest BCUT2D eigenvalue weighted by Gasteiger charge is 2.26. The van der Waals surface area contributed by atoms with Crippen LogP contribution >= 0.6 is 27.5 Å². The first-order valence-corrected chi connectivity index (χ1v) is 9.50. The van der Waals surface area contributed by atoms with Gasteiger partial charge < -0.3 is 0 Å². The van der Waals surface area contributed by atoms with Gasteiger partial charge in [0.05, 0.1) is 4.90 Å². The second-order valence-electron chi connectivity index (χ2n) is 4.74. The van der Waals surface area contributed by atoms with Crippen molar-refractivity contribution in [1.29, 1.82) is 0 Å². The second-order valence-corrected chi connectivity index (χ2v) is 7.77. The number of halogens is 2. The standard InChI is InChI=1S/C14H21BrClNO2S/c1-4-6-17(7-5-2)20(18,19)14-9-12(10-16)8-13(15)11(14)3/h8-9H,4-7,10H2,1-3H3. The molecule has 20 heavy (non-hydrogen) atoms. The van der Waals surface area contributed by atoms with Crippen molar-refractivity contribution in [3.8, 4) is 0 Å². The molecule has 0 N–H and O–H groups in total. The Morgan fingerprint density at radius 2 is 1.75 bits per heavy atom. The summed E-state index contributed by atoms with van der Waals surface area (Å²) in [6.45, 7) is 6.86. The molecule has 0 atom stereocenters. The van der Waals surface area contributed by atoms with Crippen molar-refractivity contribution in [1.82, 2.24) is 4.31 Å². The van der Waals surface area contributed by atoms with Crippen LogP contribution in [0.15, 0.2) is 21.5 Å². The Bertz CT molecular complexity index is 555. The van der Waals surface area contributed by atoms with E-state index in [1.165, 1.54) is 0 Å².